The highest BCUT2D eigenvalue weighted by Crippen LogP contribution is 2.24. The first-order valence-electron chi connectivity index (χ1n) is 34.2. The molecule has 6 aromatic rings. The number of aliphatic imine (C=N–C) groups is 2. The number of aromatic nitrogens is 6. The Balaban J connectivity index is 0.000000244. The van der Waals surface area contributed by atoms with Crippen LogP contribution in [0.15, 0.2) is 121 Å². The van der Waals surface area contributed by atoms with Crippen LogP contribution in [0.3, 0.4) is 0 Å². The molecule has 5 aliphatic heterocycles. The van der Waals surface area contributed by atoms with E-state index < -0.39 is 25.2 Å². The standard InChI is InChI=1S/C10H14ClN5O2.C10H9ClN4S.C10H11ClN4.C9H13ClN6O2S.C9H10ClN5O2.C8H10ClN5O3S.C7H14N4O3/c1-3-15(10(12-2)14-16(17)18)7-8-4-5-9(11)13-6-8;11-9-2-1-8(5-13-9)6-15-3-4-16-10(15)14-7-12;1-8(14-7-12)15(2)6-9-3-4-10(11)13-5-9;1-13-5-14(2)9(12-16(17)18)15(6-13)4-7-3-11-8(10)19-7;10-8-2-1-7(5-12-8)6-14-4-3-11-9(14)13-15(16)17;1-12-4-17-5-13(8(12)11-14(15)16)3-6-2-10-7(9)18-6;1-8-7(10-11(12)13)9-4-6-2-3-14-5-6/h4-6H,3,7H2,1-2H3,(H,12,14);1-2,5H,3-4,6H2;3-5H,6H2,1-2H3;3H,4-6H2,1-2H3;1-2,5H,3-4,6H2,(H,11,13);2H,3-5H2,1H3;6H,2-5H2,1H3,(H2,8,9,10)/b;;;12-9+;;11-8+;. The minimum absolute atomic E-state index is 0.182. The SMILES string of the molecule is CC(=NC#N)N(C)Cc1ccc(Cl)nc1.CCN(Cc1ccc(Cl)nc1)/C(=N/[N+](=O)[O-])NC.CN/C(=N\[N+](=O)[O-])NCC1CCOC1.CN1CN(C)/C(=N\[N+](=O)[O-])N(Cc2cnc(Cl)s2)C1.CN1COCN(Cc2cnc(Cl)s2)/C1=N/[N+](=O)[O-].N#CN=C1SCCN1Cc1ccc(Cl)nc1.O=[N+]([O-])/N=C1\NCCN1Cc1ccc(Cl)nc1. The number of pyridine rings is 4. The molecule has 5 saturated heterocycles. The number of ether oxygens (including phenoxy) is 2. The van der Waals surface area contributed by atoms with Crippen LogP contribution in [0.1, 0.15) is 52.3 Å². The molecule has 4 N–H and O–H groups in total. The van der Waals surface area contributed by atoms with Crippen molar-refractivity contribution < 1.29 is 34.6 Å². The van der Waals surface area contributed by atoms with E-state index >= 15 is 0 Å². The first-order chi connectivity index (χ1) is 55.9. The van der Waals surface area contributed by atoms with E-state index in [9.17, 15) is 50.6 Å². The van der Waals surface area contributed by atoms with E-state index in [4.69, 9.17) is 89.6 Å². The number of guanidine groups is 5. The summed E-state index contributed by atoms with van der Waals surface area (Å²) in [6, 6.07) is 14.3. The number of thioether (sulfide) groups is 1. The topological polar surface area (TPSA) is 523 Å². The number of hydrogen-bond donors (Lipinski definition) is 4. The first-order valence-corrected chi connectivity index (χ1v) is 39.1. The Kier molecular flexibility index (Phi) is 42.9. The Morgan fingerprint density at radius 2 is 1.15 bits per heavy atom. The third-order valence-corrected chi connectivity index (χ3v) is 19.5. The highest BCUT2D eigenvalue weighted by atomic mass is 35.5. The Morgan fingerprint density at radius 3 is 1.62 bits per heavy atom. The molecule has 0 radical (unpaired) electrons. The highest BCUT2D eigenvalue weighted by molar-refractivity contribution is 8.14. The predicted octanol–water partition coefficient (Wildman–Crippen LogP) is 7.54. The smallest absolute Gasteiger partial charge is 0.277 e. The second-order valence-electron chi connectivity index (χ2n) is 24.1. The fourth-order valence-corrected chi connectivity index (χ4v) is 13.5. The molecule has 117 heavy (non-hydrogen) atoms. The molecule has 11 rings (SSSR count). The molecule has 0 bridgehead atoms. The molecule has 54 heteroatoms. The number of nitriles is 2. The molecule has 6 aromatic heterocycles. The van der Waals surface area contributed by atoms with Crippen molar-refractivity contribution in [1.29, 1.82) is 10.5 Å². The molecule has 0 aromatic carbocycles. The van der Waals surface area contributed by atoms with Gasteiger partial charge in [0.1, 0.15) is 65.4 Å². The van der Waals surface area contributed by atoms with E-state index in [0.717, 1.165) is 69.0 Å². The molecular formula is C63H81Cl6N33O12S3. The van der Waals surface area contributed by atoms with Gasteiger partial charge >= 0.3 is 0 Å². The Morgan fingerprint density at radius 1 is 0.624 bits per heavy atom. The van der Waals surface area contributed by atoms with Crippen LogP contribution in [-0.2, 0) is 48.7 Å². The van der Waals surface area contributed by atoms with Gasteiger partial charge in [0.25, 0.3) is 29.8 Å². The van der Waals surface area contributed by atoms with E-state index in [1.165, 1.54) is 22.7 Å². The molecule has 0 aliphatic carbocycles. The molecular weight excluding hydrogens is 1720 g/mol. The molecule has 11 heterocycles. The maximum Gasteiger partial charge on any atom is 0.277 e. The molecule has 0 amide bonds. The summed E-state index contributed by atoms with van der Waals surface area (Å²) < 4.78 is 11.3. The summed E-state index contributed by atoms with van der Waals surface area (Å²) in [6.07, 6.45) is 14.6. The predicted molar refractivity (Wildman–Crippen MR) is 444 cm³/mol. The van der Waals surface area contributed by atoms with Gasteiger partial charge in [-0.1, -0.05) is 106 Å². The van der Waals surface area contributed by atoms with Gasteiger partial charge in [-0.3, -0.25) is 4.90 Å². The number of nitrogens with zero attached hydrogens (tertiary/aromatic N) is 29. The second kappa shape index (κ2) is 51.9. The normalized spacial score (nSPS) is 16.6. The number of halogens is 6. The molecule has 0 spiro atoms. The lowest BCUT2D eigenvalue weighted by Gasteiger charge is -2.39. The van der Waals surface area contributed by atoms with Crippen LogP contribution < -0.4 is 21.3 Å². The van der Waals surface area contributed by atoms with Gasteiger partial charge < -0.3 is 69.9 Å². The first kappa shape index (κ1) is 96.7. The van der Waals surface area contributed by atoms with Crippen molar-refractivity contribution in [3.05, 3.63) is 198 Å². The molecule has 5 fully saturated rings. The minimum Gasteiger partial charge on any atom is -0.381 e. The number of nitro groups is 5. The largest absolute Gasteiger partial charge is 0.381 e. The molecule has 5 aliphatic rings. The summed E-state index contributed by atoms with van der Waals surface area (Å²) in [4.78, 5) is 101. The van der Waals surface area contributed by atoms with Crippen molar-refractivity contribution >= 4 is 145 Å². The molecule has 1 unspecified atom stereocenters. The van der Waals surface area contributed by atoms with Crippen LogP contribution >= 0.6 is 104 Å². The number of thiazole rings is 2. The highest BCUT2D eigenvalue weighted by Gasteiger charge is 2.30. The van der Waals surface area contributed by atoms with Crippen LogP contribution in [0.5, 0.6) is 0 Å². The summed E-state index contributed by atoms with van der Waals surface area (Å²) in [7, 11) is 10.4. The number of hydrazone groups is 5. The lowest BCUT2D eigenvalue weighted by Crippen LogP contribution is -2.55. The van der Waals surface area contributed by atoms with Gasteiger partial charge in [0.2, 0.25) is 12.4 Å². The van der Waals surface area contributed by atoms with Gasteiger partial charge in [0.05, 0.1) is 33.0 Å². The van der Waals surface area contributed by atoms with Crippen molar-refractivity contribution in [1.82, 2.24) is 95.3 Å². The molecule has 45 nitrogen and oxygen atoms in total. The quantitative estimate of drug-likeness (QED) is 0.0143. The van der Waals surface area contributed by atoms with Crippen molar-refractivity contribution in [2.24, 2.45) is 41.4 Å². The van der Waals surface area contributed by atoms with E-state index in [1.54, 1.807) is 139 Å². The maximum absolute atomic E-state index is 10.6. The zero-order valence-electron chi connectivity index (χ0n) is 64.0. The van der Waals surface area contributed by atoms with Crippen LogP contribution in [0.2, 0.25) is 29.5 Å². The van der Waals surface area contributed by atoms with Crippen molar-refractivity contribution in [2.45, 2.75) is 59.5 Å². The van der Waals surface area contributed by atoms with Gasteiger partial charge in [-0.15, -0.1) is 27.7 Å². The lowest BCUT2D eigenvalue weighted by atomic mass is 10.1. The van der Waals surface area contributed by atoms with Crippen molar-refractivity contribution in [2.75, 3.05) is 121 Å². The lowest BCUT2D eigenvalue weighted by molar-refractivity contribution is -0.486. The third kappa shape index (κ3) is 37.3. The fourth-order valence-electron chi connectivity index (χ4n) is 10.2. The van der Waals surface area contributed by atoms with Crippen molar-refractivity contribution in [3.63, 3.8) is 0 Å². The third-order valence-electron chi connectivity index (χ3n) is 15.4. The average Bonchev–Trinajstić information content (AvgIpc) is 1.67. The Bertz CT molecular complexity index is 4490. The van der Waals surface area contributed by atoms with E-state index in [-0.39, 0.29) is 37.3 Å². The van der Waals surface area contributed by atoms with Crippen LogP contribution in [0.4, 0.5) is 0 Å². The van der Waals surface area contributed by atoms with Crippen LogP contribution in [0, 0.1) is 79.4 Å². The Hall–Kier alpha value is -10.9. The van der Waals surface area contributed by atoms with Gasteiger partial charge in [-0.2, -0.15) is 15.5 Å². The van der Waals surface area contributed by atoms with Gasteiger partial charge in [-0.05, 0) is 73.8 Å². The number of amidine groups is 2. The summed E-state index contributed by atoms with van der Waals surface area (Å²) in [5.41, 5.74) is 3.91. The Labute approximate surface area is 712 Å². The molecule has 0 saturated carbocycles. The number of hydrogen-bond acceptors (Lipinski definition) is 26. The van der Waals surface area contributed by atoms with Crippen LogP contribution in [-0.4, -0.2) is 261 Å². The zero-order chi connectivity index (χ0) is 85.9. The summed E-state index contributed by atoms with van der Waals surface area (Å²) >= 11 is 38.5. The average molecular weight is 1800 g/mol. The zero-order valence-corrected chi connectivity index (χ0v) is 70.9. The van der Waals surface area contributed by atoms with E-state index in [1.807, 2.05) is 66.2 Å². The maximum atomic E-state index is 10.6. The van der Waals surface area contributed by atoms with Gasteiger partial charge in [0.15, 0.2) is 39.3 Å². The van der Waals surface area contributed by atoms with Crippen molar-refractivity contribution in [3.8, 4) is 12.4 Å². The summed E-state index contributed by atoms with van der Waals surface area (Å²) in [6.45, 7) is 13.5. The van der Waals surface area contributed by atoms with E-state index in [0.29, 0.717) is 126 Å². The van der Waals surface area contributed by atoms with Gasteiger partial charge in [0, 0.05) is 159 Å². The number of nitrogens with one attached hydrogen (secondary N) is 4. The molecule has 1 atom stereocenters. The monoisotopic (exact) mass is 1800 g/mol. The number of rotatable bonds is 20. The minimum atomic E-state index is -0.732. The van der Waals surface area contributed by atoms with Gasteiger partial charge in [-0.25, -0.2) is 80.5 Å². The fraction of sp³-hybridized carbons (Fsp3) is 0.444. The molecule has 630 valence electrons. The second-order valence-corrected chi connectivity index (χ2v) is 30.2. The summed E-state index contributed by atoms with van der Waals surface area (Å²) in [5.74, 6) is 3.34. The van der Waals surface area contributed by atoms with E-state index in [2.05, 4.69) is 91.6 Å². The summed E-state index contributed by atoms with van der Waals surface area (Å²) in [5, 5.41) is 95.4. The van der Waals surface area contributed by atoms with Crippen LogP contribution in [0.25, 0.3) is 0 Å².